The van der Waals surface area contributed by atoms with E-state index < -0.39 is 0 Å². The molecule has 1 atom stereocenters. The van der Waals surface area contributed by atoms with Gasteiger partial charge in [0.05, 0.1) is 12.8 Å². The van der Waals surface area contributed by atoms with Crippen LogP contribution in [0.25, 0.3) is 0 Å². The quantitative estimate of drug-likeness (QED) is 0.674. The number of carbonyl (C=O) groups is 2. The van der Waals surface area contributed by atoms with Gasteiger partial charge in [-0.15, -0.1) is 0 Å². The molecular formula is C19H29N3O3. The lowest BCUT2D eigenvalue weighted by Crippen LogP contribution is -2.38. The highest BCUT2D eigenvalue weighted by atomic mass is 16.5. The third kappa shape index (κ3) is 5.11. The van der Waals surface area contributed by atoms with Crippen LogP contribution in [-0.2, 0) is 9.59 Å². The molecule has 1 heterocycles. The van der Waals surface area contributed by atoms with Crippen molar-refractivity contribution in [2.24, 2.45) is 0 Å². The lowest BCUT2D eigenvalue weighted by molar-refractivity contribution is -0.121. The molecule has 1 aromatic rings. The number of rotatable bonds is 9. The Morgan fingerprint density at radius 1 is 1.36 bits per heavy atom. The molecule has 1 aliphatic rings. The van der Waals surface area contributed by atoms with Gasteiger partial charge in [0, 0.05) is 31.3 Å². The molecule has 1 aromatic carbocycles. The minimum Gasteiger partial charge on any atom is -0.494 e. The normalized spacial score (nSPS) is 15.2. The Bertz CT molecular complexity index is 604. The van der Waals surface area contributed by atoms with E-state index in [1.54, 1.807) is 12.0 Å². The van der Waals surface area contributed by atoms with Gasteiger partial charge in [-0.25, -0.2) is 0 Å². The van der Waals surface area contributed by atoms with Crippen LogP contribution in [-0.4, -0.2) is 38.1 Å². The van der Waals surface area contributed by atoms with Crippen LogP contribution in [0.3, 0.4) is 0 Å². The lowest BCUT2D eigenvalue weighted by Gasteiger charge is -2.21. The minimum absolute atomic E-state index is 0.0196. The van der Waals surface area contributed by atoms with E-state index in [1.165, 1.54) is 0 Å². The molecule has 6 heteroatoms. The monoisotopic (exact) mass is 347 g/mol. The molecule has 0 bridgehead atoms. The number of nitrogens with one attached hydrogen (secondary N) is 2. The van der Waals surface area contributed by atoms with E-state index in [9.17, 15) is 9.59 Å². The van der Waals surface area contributed by atoms with Gasteiger partial charge < -0.3 is 20.3 Å². The Morgan fingerprint density at radius 2 is 2.16 bits per heavy atom. The molecule has 138 valence electrons. The van der Waals surface area contributed by atoms with Crippen molar-refractivity contribution in [3.8, 4) is 5.75 Å². The van der Waals surface area contributed by atoms with Crippen LogP contribution in [0.4, 0.5) is 11.4 Å². The molecule has 6 nitrogen and oxygen atoms in total. The van der Waals surface area contributed by atoms with Crippen LogP contribution >= 0.6 is 0 Å². The number of hydrogen-bond acceptors (Lipinski definition) is 4. The molecule has 0 aromatic heterocycles. The summed E-state index contributed by atoms with van der Waals surface area (Å²) in [5.41, 5.74) is 1.58. The second kappa shape index (κ2) is 9.30. The first-order chi connectivity index (χ1) is 12.1. The van der Waals surface area contributed by atoms with E-state index >= 15 is 0 Å². The van der Waals surface area contributed by atoms with Crippen molar-refractivity contribution in [1.82, 2.24) is 5.32 Å². The Morgan fingerprint density at radius 3 is 2.80 bits per heavy atom. The Labute approximate surface area is 149 Å². The number of hydrogen-bond donors (Lipinski definition) is 2. The van der Waals surface area contributed by atoms with Gasteiger partial charge in [0.2, 0.25) is 11.8 Å². The van der Waals surface area contributed by atoms with Crippen LogP contribution in [0.2, 0.25) is 0 Å². The zero-order valence-corrected chi connectivity index (χ0v) is 15.4. The molecule has 0 aliphatic carbocycles. The van der Waals surface area contributed by atoms with E-state index in [1.807, 2.05) is 25.1 Å². The fourth-order valence-electron chi connectivity index (χ4n) is 2.95. The maximum atomic E-state index is 12.1. The zero-order valence-electron chi connectivity index (χ0n) is 15.4. The number of carbonyl (C=O) groups excluding carboxylic acids is 2. The number of unbranched alkanes of at least 4 members (excludes halogenated alkanes) is 2. The number of nitrogens with zero attached hydrogens (tertiary/aromatic N) is 1. The summed E-state index contributed by atoms with van der Waals surface area (Å²) < 4.78 is 5.45. The summed E-state index contributed by atoms with van der Waals surface area (Å²) in [6.45, 7) is 5.40. The SMILES string of the molecule is CCCCCNC(=O)C(C)Nc1ccc(N2CCCC2=O)c(OC)c1. The van der Waals surface area contributed by atoms with Crippen molar-refractivity contribution in [1.29, 1.82) is 0 Å². The van der Waals surface area contributed by atoms with Gasteiger partial charge in [0.15, 0.2) is 0 Å². The highest BCUT2D eigenvalue weighted by Crippen LogP contribution is 2.33. The van der Waals surface area contributed by atoms with Gasteiger partial charge in [-0.2, -0.15) is 0 Å². The largest absolute Gasteiger partial charge is 0.494 e. The molecule has 0 saturated carbocycles. The van der Waals surface area contributed by atoms with Crippen molar-refractivity contribution in [3.63, 3.8) is 0 Å². The third-order valence-corrected chi connectivity index (χ3v) is 4.40. The van der Waals surface area contributed by atoms with Gasteiger partial charge in [-0.3, -0.25) is 9.59 Å². The summed E-state index contributed by atoms with van der Waals surface area (Å²) in [5.74, 6) is 0.739. The predicted molar refractivity (Wildman–Crippen MR) is 100 cm³/mol. The van der Waals surface area contributed by atoms with Crippen LogP contribution < -0.4 is 20.3 Å². The molecule has 2 rings (SSSR count). The summed E-state index contributed by atoms with van der Waals surface area (Å²) in [7, 11) is 1.59. The van der Waals surface area contributed by atoms with E-state index in [-0.39, 0.29) is 17.9 Å². The summed E-state index contributed by atoms with van der Waals surface area (Å²) in [4.78, 5) is 25.8. The molecule has 1 unspecified atom stereocenters. The second-order valence-corrected chi connectivity index (χ2v) is 6.40. The van der Waals surface area contributed by atoms with Crippen LogP contribution in [0, 0.1) is 0 Å². The molecule has 1 saturated heterocycles. The van der Waals surface area contributed by atoms with Crippen LogP contribution in [0.15, 0.2) is 18.2 Å². The summed E-state index contributed by atoms with van der Waals surface area (Å²) in [6, 6.07) is 5.24. The Balaban J connectivity index is 1.98. The zero-order chi connectivity index (χ0) is 18.2. The first kappa shape index (κ1) is 19.1. The predicted octanol–water partition coefficient (Wildman–Crippen LogP) is 2.93. The molecule has 1 fully saturated rings. The number of benzene rings is 1. The van der Waals surface area contributed by atoms with E-state index in [4.69, 9.17) is 4.74 Å². The van der Waals surface area contributed by atoms with E-state index in [0.29, 0.717) is 18.7 Å². The smallest absolute Gasteiger partial charge is 0.242 e. The molecule has 1 aliphatic heterocycles. The van der Waals surface area contributed by atoms with E-state index in [2.05, 4.69) is 17.6 Å². The van der Waals surface area contributed by atoms with Gasteiger partial charge in [0.25, 0.3) is 0 Å². The summed E-state index contributed by atoms with van der Waals surface area (Å²) >= 11 is 0. The number of methoxy groups -OCH3 is 1. The average molecular weight is 347 g/mol. The topological polar surface area (TPSA) is 70.7 Å². The minimum atomic E-state index is -0.342. The highest BCUT2D eigenvalue weighted by Gasteiger charge is 2.24. The van der Waals surface area contributed by atoms with Crippen molar-refractivity contribution >= 4 is 23.2 Å². The van der Waals surface area contributed by atoms with E-state index in [0.717, 1.165) is 43.6 Å². The maximum Gasteiger partial charge on any atom is 0.242 e. The summed E-state index contributed by atoms with van der Waals surface area (Å²) in [6.07, 6.45) is 4.71. The number of anilines is 2. The standard InChI is InChI=1S/C19H29N3O3/c1-4-5-6-11-20-19(24)14(2)21-15-9-10-16(17(13-15)25-3)22-12-7-8-18(22)23/h9-10,13-14,21H,4-8,11-12H2,1-3H3,(H,20,24). The average Bonchev–Trinajstić information content (AvgIpc) is 3.04. The Hall–Kier alpha value is -2.24. The molecule has 25 heavy (non-hydrogen) atoms. The Kier molecular flexibility index (Phi) is 7.10. The van der Waals surface area contributed by atoms with Gasteiger partial charge in [0.1, 0.15) is 11.8 Å². The van der Waals surface area contributed by atoms with Gasteiger partial charge >= 0.3 is 0 Å². The number of amides is 2. The maximum absolute atomic E-state index is 12.1. The highest BCUT2D eigenvalue weighted by molar-refractivity contribution is 5.97. The second-order valence-electron chi connectivity index (χ2n) is 6.40. The molecule has 2 amide bonds. The summed E-state index contributed by atoms with van der Waals surface area (Å²) in [5, 5.41) is 6.13. The van der Waals surface area contributed by atoms with Gasteiger partial charge in [-0.05, 0) is 31.9 Å². The van der Waals surface area contributed by atoms with Crippen LogP contribution in [0.5, 0.6) is 5.75 Å². The first-order valence-electron chi connectivity index (χ1n) is 9.09. The van der Waals surface area contributed by atoms with Gasteiger partial charge in [-0.1, -0.05) is 19.8 Å². The molecule has 2 N–H and O–H groups in total. The molecule has 0 spiro atoms. The van der Waals surface area contributed by atoms with Crippen molar-refractivity contribution < 1.29 is 14.3 Å². The number of ether oxygens (including phenoxy) is 1. The van der Waals surface area contributed by atoms with Crippen molar-refractivity contribution in [2.75, 3.05) is 30.4 Å². The lowest BCUT2D eigenvalue weighted by atomic mass is 10.2. The molecular weight excluding hydrogens is 318 g/mol. The fraction of sp³-hybridized carbons (Fsp3) is 0.579. The molecule has 0 radical (unpaired) electrons. The van der Waals surface area contributed by atoms with Crippen molar-refractivity contribution in [3.05, 3.63) is 18.2 Å². The fourth-order valence-corrected chi connectivity index (χ4v) is 2.95. The van der Waals surface area contributed by atoms with Crippen LogP contribution in [0.1, 0.15) is 46.0 Å². The van der Waals surface area contributed by atoms with Crippen molar-refractivity contribution in [2.45, 2.75) is 52.0 Å². The first-order valence-corrected chi connectivity index (χ1v) is 9.09. The third-order valence-electron chi connectivity index (χ3n) is 4.40.